The second kappa shape index (κ2) is 8.12. The van der Waals surface area contributed by atoms with Crippen molar-refractivity contribution >= 4 is 0 Å². The molecule has 0 saturated carbocycles. The molecular weight excluding hydrogens is 330 g/mol. The molecule has 0 radical (unpaired) electrons. The van der Waals surface area contributed by atoms with Crippen LogP contribution in [0.5, 0.6) is 5.88 Å². The molecular formula is C19H29N5O2. The van der Waals surface area contributed by atoms with E-state index in [1.165, 1.54) is 0 Å². The van der Waals surface area contributed by atoms with Gasteiger partial charge in [0.05, 0.1) is 13.2 Å². The largest absolute Gasteiger partial charge is 0.477 e. The van der Waals surface area contributed by atoms with Gasteiger partial charge in [0.25, 0.3) is 0 Å². The number of aryl methyl sites for hydroxylation is 2. The Morgan fingerprint density at radius 1 is 1.12 bits per heavy atom. The first-order chi connectivity index (χ1) is 12.4. The zero-order chi connectivity index (χ0) is 18.7. The summed E-state index contributed by atoms with van der Waals surface area (Å²) in [6.07, 6.45) is 2.21. The number of rotatable bonds is 6. The van der Waals surface area contributed by atoms with E-state index in [4.69, 9.17) is 9.26 Å². The summed E-state index contributed by atoms with van der Waals surface area (Å²) in [6.45, 7) is 13.5. The minimum absolute atomic E-state index is 0.299. The SMILES string of the molecule is Cc1nc(C)c(C)c(OCC2CCN(Cc3nc(C(C)C)no3)CC2)n1. The molecule has 0 atom stereocenters. The maximum Gasteiger partial charge on any atom is 0.240 e. The Balaban J connectivity index is 1.46. The van der Waals surface area contributed by atoms with E-state index in [0.29, 0.717) is 24.3 Å². The molecule has 142 valence electrons. The molecule has 0 amide bonds. The third-order valence-corrected chi connectivity index (χ3v) is 4.98. The second-order valence-corrected chi connectivity index (χ2v) is 7.52. The van der Waals surface area contributed by atoms with Gasteiger partial charge in [-0.3, -0.25) is 4.90 Å². The zero-order valence-corrected chi connectivity index (χ0v) is 16.4. The molecule has 1 saturated heterocycles. The molecule has 0 bridgehead atoms. The Kier molecular flexibility index (Phi) is 5.86. The van der Waals surface area contributed by atoms with Crippen LogP contribution >= 0.6 is 0 Å². The van der Waals surface area contributed by atoms with Gasteiger partial charge in [0.2, 0.25) is 11.8 Å². The molecule has 0 aliphatic carbocycles. The van der Waals surface area contributed by atoms with Gasteiger partial charge in [-0.05, 0) is 52.6 Å². The summed E-state index contributed by atoms with van der Waals surface area (Å²) in [5.41, 5.74) is 2.02. The van der Waals surface area contributed by atoms with Gasteiger partial charge < -0.3 is 9.26 Å². The molecule has 1 fully saturated rings. The van der Waals surface area contributed by atoms with Crippen LogP contribution in [-0.2, 0) is 6.54 Å². The van der Waals surface area contributed by atoms with E-state index in [1.54, 1.807) is 0 Å². The van der Waals surface area contributed by atoms with Gasteiger partial charge in [0.15, 0.2) is 5.82 Å². The zero-order valence-electron chi connectivity index (χ0n) is 16.4. The van der Waals surface area contributed by atoms with Crippen LogP contribution < -0.4 is 4.74 Å². The summed E-state index contributed by atoms with van der Waals surface area (Å²) in [4.78, 5) is 15.6. The fourth-order valence-corrected chi connectivity index (χ4v) is 3.14. The van der Waals surface area contributed by atoms with Crippen molar-refractivity contribution in [3.63, 3.8) is 0 Å². The van der Waals surface area contributed by atoms with Crippen molar-refractivity contribution in [3.05, 3.63) is 28.8 Å². The Morgan fingerprint density at radius 3 is 2.50 bits per heavy atom. The van der Waals surface area contributed by atoms with Gasteiger partial charge in [-0.15, -0.1) is 0 Å². The molecule has 0 spiro atoms. The number of likely N-dealkylation sites (tertiary alicyclic amines) is 1. The summed E-state index contributed by atoms with van der Waals surface area (Å²) < 4.78 is 11.4. The molecule has 7 nitrogen and oxygen atoms in total. The number of aromatic nitrogens is 4. The molecule has 1 aliphatic rings. The van der Waals surface area contributed by atoms with Crippen LogP contribution in [0.4, 0.5) is 0 Å². The van der Waals surface area contributed by atoms with Gasteiger partial charge >= 0.3 is 0 Å². The van der Waals surface area contributed by atoms with Gasteiger partial charge in [0.1, 0.15) is 5.82 Å². The standard InChI is InChI=1S/C19H29N5O2/c1-12(2)18-22-17(26-23-18)10-24-8-6-16(7-9-24)11-25-19-13(3)14(4)20-15(5)21-19/h12,16H,6-11H2,1-5H3. The molecule has 0 aromatic carbocycles. The highest BCUT2D eigenvalue weighted by molar-refractivity contribution is 5.28. The van der Waals surface area contributed by atoms with Crippen LogP contribution in [-0.4, -0.2) is 44.7 Å². The smallest absolute Gasteiger partial charge is 0.240 e. The van der Waals surface area contributed by atoms with Crippen molar-refractivity contribution in [1.82, 2.24) is 25.0 Å². The predicted octanol–water partition coefficient (Wildman–Crippen LogP) is 3.20. The topological polar surface area (TPSA) is 77.2 Å². The monoisotopic (exact) mass is 359 g/mol. The first-order valence-corrected chi connectivity index (χ1v) is 9.42. The highest BCUT2D eigenvalue weighted by Crippen LogP contribution is 2.22. The van der Waals surface area contributed by atoms with E-state index < -0.39 is 0 Å². The van der Waals surface area contributed by atoms with Crippen LogP contribution in [0.25, 0.3) is 0 Å². The molecule has 0 unspecified atom stereocenters. The van der Waals surface area contributed by atoms with Crippen LogP contribution in [0.2, 0.25) is 0 Å². The highest BCUT2D eigenvalue weighted by Gasteiger charge is 2.22. The van der Waals surface area contributed by atoms with Crippen molar-refractivity contribution < 1.29 is 9.26 Å². The summed E-state index contributed by atoms with van der Waals surface area (Å²) in [5, 5.41) is 4.04. The molecule has 3 heterocycles. The fourth-order valence-electron chi connectivity index (χ4n) is 3.14. The summed E-state index contributed by atoms with van der Waals surface area (Å²) in [5.74, 6) is 3.84. The minimum atomic E-state index is 0.299. The molecule has 26 heavy (non-hydrogen) atoms. The lowest BCUT2D eigenvalue weighted by Crippen LogP contribution is -2.35. The quantitative estimate of drug-likeness (QED) is 0.784. The van der Waals surface area contributed by atoms with E-state index in [2.05, 4.69) is 38.9 Å². The molecule has 3 rings (SSSR count). The van der Waals surface area contributed by atoms with Gasteiger partial charge in [0, 0.05) is 17.2 Å². The van der Waals surface area contributed by atoms with E-state index >= 15 is 0 Å². The highest BCUT2D eigenvalue weighted by atomic mass is 16.5. The predicted molar refractivity (Wildman–Crippen MR) is 98.1 cm³/mol. The average molecular weight is 359 g/mol. The van der Waals surface area contributed by atoms with E-state index in [1.807, 2.05) is 20.8 Å². The van der Waals surface area contributed by atoms with Crippen molar-refractivity contribution in [2.75, 3.05) is 19.7 Å². The van der Waals surface area contributed by atoms with E-state index in [-0.39, 0.29) is 0 Å². The van der Waals surface area contributed by atoms with Crippen molar-refractivity contribution in [1.29, 1.82) is 0 Å². The average Bonchev–Trinajstić information content (AvgIpc) is 3.07. The van der Waals surface area contributed by atoms with E-state index in [9.17, 15) is 0 Å². The van der Waals surface area contributed by atoms with Crippen molar-refractivity contribution in [2.24, 2.45) is 5.92 Å². The first-order valence-electron chi connectivity index (χ1n) is 9.42. The lowest BCUT2D eigenvalue weighted by molar-refractivity contribution is 0.124. The van der Waals surface area contributed by atoms with Crippen LogP contribution in [0.3, 0.4) is 0 Å². The van der Waals surface area contributed by atoms with Gasteiger partial charge in [-0.25, -0.2) is 4.98 Å². The fraction of sp³-hybridized carbons (Fsp3) is 0.684. The molecule has 2 aromatic heterocycles. The molecule has 1 aliphatic heterocycles. The summed E-state index contributed by atoms with van der Waals surface area (Å²) in [6, 6.07) is 0. The minimum Gasteiger partial charge on any atom is -0.477 e. The maximum atomic E-state index is 6.01. The summed E-state index contributed by atoms with van der Waals surface area (Å²) in [7, 11) is 0. The van der Waals surface area contributed by atoms with Crippen LogP contribution in [0.15, 0.2) is 4.52 Å². The second-order valence-electron chi connectivity index (χ2n) is 7.52. The molecule has 7 heteroatoms. The third kappa shape index (κ3) is 4.58. The Morgan fingerprint density at radius 2 is 1.85 bits per heavy atom. The Hall–Kier alpha value is -2.02. The molecule has 2 aromatic rings. The Labute approximate surface area is 155 Å². The molecule has 0 N–H and O–H groups in total. The maximum absolute atomic E-state index is 6.01. The van der Waals surface area contributed by atoms with Crippen LogP contribution in [0, 0.1) is 26.7 Å². The summed E-state index contributed by atoms with van der Waals surface area (Å²) >= 11 is 0. The normalized spacial score (nSPS) is 16.4. The lowest BCUT2D eigenvalue weighted by atomic mass is 9.98. The van der Waals surface area contributed by atoms with Crippen molar-refractivity contribution in [2.45, 2.75) is 59.9 Å². The number of ether oxygens (including phenoxy) is 1. The lowest BCUT2D eigenvalue weighted by Gasteiger charge is -2.30. The first kappa shape index (κ1) is 18.8. The third-order valence-electron chi connectivity index (χ3n) is 4.98. The number of nitrogens with zero attached hydrogens (tertiary/aromatic N) is 5. The number of hydrogen-bond acceptors (Lipinski definition) is 7. The van der Waals surface area contributed by atoms with Gasteiger partial charge in [-0.1, -0.05) is 19.0 Å². The van der Waals surface area contributed by atoms with Gasteiger partial charge in [-0.2, -0.15) is 9.97 Å². The Bertz CT molecular complexity index is 736. The van der Waals surface area contributed by atoms with Crippen molar-refractivity contribution in [3.8, 4) is 5.88 Å². The van der Waals surface area contributed by atoms with E-state index in [0.717, 1.165) is 61.3 Å². The number of hydrogen-bond donors (Lipinski definition) is 0. The number of piperidine rings is 1. The van der Waals surface area contributed by atoms with Crippen LogP contribution in [0.1, 0.15) is 61.4 Å².